The summed E-state index contributed by atoms with van der Waals surface area (Å²) in [5, 5.41) is 22.0. The topological polar surface area (TPSA) is 68.0 Å². The first-order valence-corrected chi connectivity index (χ1v) is 41.6. The molecule has 0 N–H and O–H groups in total. The average Bonchev–Trinajstić information content (AvgIpc) is 0.713. The van der Waals surface area contributed by atoms with E-state index in [1.165, 1.54) is 131 Å². The van der Waals surface area contributed by atoms with E-state index in [0.717, 1.165) is 159 Å². The van der Waals surface area contributed by atoms with Crippen LogP contribution in [0.1, 0.15) is 80.1 Å². The van der Waals surface area contributed by atoms with E-state index in [4.69, 9.17) is 0 Å². The van der Waals surface area contributed by atoms with Gasteiger partial charge in [-0.2, -0.15) is 0 Å². The molecule has 644 valence electrons. The van der Waals surface area contributed by atoms with E-state index in [9.17, 15) is 0 Å². The highest BCUT2D eigenvalue weighted by atomic mass is 15.4. The van der Waals surface area contributed by atoms with Crippen LogP contribution >= 0.6 is 0 Å². The van der Waals surface area contributed by atoms with Gasteiger partial charge in [0.25, 0.3) is 0 Å². The van der Waals surface area contributed by atoms with Gasteiger partial charge in [-0.05, 0) is 382 Å². The second-order valence-electron chi connectivity index (χ2n) is 36.7. The van der Waals surface area contributed by atoms with Crippen LogP contribution in [0.15, 0.2) is 97.1 Å². The van der Waals surface area contributed by atoms with E-state index in [2.05, 4.69) is 404 Å². The molecule has 0 unspecified atom stereocenters. The van der Waals surface area contributed by atoms with Gasteiger partial charge in [0.15, 0.2) is 0 Å². The zero-order valence-electron chi connectivity index (χ0n) is 76.6. The highest BCUT2D eigenvalue weighted by Gasteiger charge is 2.26. The van der Waals surface area contributed by atoms with Crippen LogP contribution in [-0.2, 0) is 45.8 Å². The van der Waals surface area contributed by atoms with Crippen molar-refractivity contribution in [3.63, 3.8) is 0 Å². The lowest BCUT2D eigenvalue weighted by atomic mass is 9.85. The van der Waals surface area contributed by atoms with E-state index >= 15 is 0 Å². The highest BCUT2D eigenvalue weighted by Crippen LogP contribution is 2.46. The van der Waals surface area contributed by atoms with E-state index in [-0.39, 0.29) is 14.9 Å². The van der Waals surface area contributed by atoms with Gasteiger partial charge in [0.2, 0.25) is 0 Å². The molecule has 0 saturated heterocycles. The van der Waals surface area contributed by atoms with E-state index in [1.807, 2.05) is 0 Å². The fourth-order valence-electron chi connectivity index (χ4n) is 17.5. The Morgan fingerprint density at radius 2 is 0.362 bits per heavy atom. The first-order chi connectivity index (χ1) is 54.0. The molecule has 0 aliphatic rings. The van der Waals surface area contributed by atoms with Crippen LogP contribution < -0.4 is 0 Å². The first kappa shape index (κ1) is 97.1. The molecule has 10 aromatic rings. The Bertz CT molecular complexity index is 4450. The zero-order valence-corrected chi connectivity index (χ0v) is 76.6. The van der Waals surface area contributed by atoms with Gasteiger partial charge in [-0.3, -0.25) is 103 Å². The monoisotopic (exact) mass is 1590 g/mol. The van der Waals surface area contributed by atoms with Gasteiger partial charge in [0, 0.05) is 45.8 Å². The molecular formula is C95H159N21. The van der Waals surface area contributed by atoms with Crippen LogP contribution in [-0.4, -0.2) is 392 Å². The van der Waals surface area contributed by atoms with Crippen LogP contribution in [0.5, 0.6) is 0 Å². The average molecular weight is 1600 g/mol. The zero-order chi connectivity index (χ0) is 83.3. The molecule has 0 saturated carbocycles. The van der Waals surface area contributed by atoms with Crippen molar-refractivity contribution in [1.82, 2.24) is 103 Å². The van der Waals surface area contributed by atoms with Gasteiger partial charge in [-0.1, -0.05) is 84.2 Å². The van der Waals surface area contributed by atoms with Gasteiger partial charge in [0.05, 0.1) is 93.4 Å². The number of fused-ring (bicyclic) bond motifs is 4. The number of nitrogens with zero attached hydrogens (tertiary/aromatic N) is 21. The van der Waals surface area contributed by atoms with Crippen molar-refractivity contribution in [2.75, 3.05) is 289 Å². The SMILES string of the molecule is C.C.CCN(C)CN(Cc1ccc2c3cc(CN(CN(C)C)CN(C)C)cc4c(C)ccc(c5cc(CN(CN(C)C)CN(C)C)cc1c25)c43)CN(C)C.CCN(C)CN(Cc1ccc2c3cc(CN(CN(C)C)CN(C)C)cc4c(CN(CN(C)C)CN(C)CC)ccc(c5cc(CN(CN(C)C)CN(C)C)cc1c25)c43)CN(C)C. The Hall–Kier alpha value is -6.04. The Morgan fingerprint density at radius 1 is 0.190 bits per heavy atom. The largest absolute Gasteiger partial charge is 0.297 e. The summed E-state index contributed by atoms with van der Waals surface area (Å²) in [6.07, 6.45) is 0. The molecule has 0 aliphatic heterocycles. The minimum Gasteiger partial charge on any atom is -0.297 e. The van der Waals surface area contributed by atoms with Crippen molar-refractivity contribution in [2.45, 2.75) is 88.4 Å². The number of hydrogen-bond acceptors (Lipinski definition) is 21. The molecule has 0 spiro atoms. The minimum absolute atomic E-state index is 0. The maximum Gasteiger partial charge on any atom is 0.0518 e. The fourth-order valence-corrected chi connectivity index (χ4v) is 17.5. The number of rotatable bonds is 45. The number of aryl methyl sites for hydroxylation is 1. The van der Waals surface area contributed by atoms with E-state index in [1.54, 1.807) is 0 Å². The third-order valence-electron chi connectivity index (χ3n) is 21.4. The van der Waals surface area contributed by atoms with Gasteiger partial charge in [-0.15, -0.1) is 0 Å². The molecule has 0 amide bonds. The molecule has 0 aromatic heterocycles. The smallest absolute Gasteiger partial charge is 0.0518 e. The summed E-state index contributed by atoms with van der Waals surface area (Å²) in [4.78, 5) is 50.2. The quantitative estimate of drug-likeness (QED) is 0.0206. The summed E-state index contributed by atoms with van der Waals surface area (Å²) in [6.45, 7) is 30.8. The summed E-state index contributed by atoms with van der Waals surface area (Å²) >= 11 is 0. The van der Waals surface area contributed by atoms with Gasteiger partial charge in [0.1, 0.15) is 0 Å². The minimum atomic E-state index is 0. The van der Waals surface area contributed by atoms with Gasteiger partial charge < -0.3 is 0 Å². The van der Waals surface area contributed by atoms with E-state index in [0.29, 0.717) is 0 Å². The third-order valence-corrected chi connectivity index (χ3v) is 21.4. The predicted octanol–water partition coefficient (Wildman–Crippen LogP) is 13.1. The van der Waals surface area contributed by atoms with Crippen LogP contribution in [0.2, 0.25) is 0 Å². The van der Waals surface area contributed by atoms with Crippen molar-refractivity contribution >= 4 is 86.2 Å². The second kappa shape index (κ2) is 44.5. The molecular weight excluding hydrogens is 1440 g/mol. The lowest BCUT2D eigenvalue weighted by Gasteiger charge is -2.31. The summed E-state index contributed by atoms with van der Waals surface area (Å²) in [6, 6.07) is 39.6. The molecule has 0 aliphatic carbocycles. The van der Waals surface area contributed by atoms with Crippen molar-refractivity contribution in [3.05, 3.63) is 142 Å². The molecule has 21 heteroatoms. The van der Waals surface area contributed by atoms with Crippen molar-refractivity contribution in [3.8, 4) is 0 Å². The third kappa shape index (κ3) is 26.5. The Morgan fingerprint density at radius 3 is 0.560 bits per heavy atom. The summed E-state index contributed by atoms with van der Waals surface area (Å²) in [5.41, 5.74) is 11.0. The maximum atomic E-state index is 2.58. The molecule has 0 fully saturated rings. The van der Waals surface area contributed by atoms with Crippen LogP contribution in [0.4, 0.5) is 0 Å². The highest BCUT2D eigenvalue weighted by molar-refractivity contribution is 6.35. The fraction of sp³-hybridized carbons (Fsp3) is 0.579. The van der Waals surface area contributed by atoms with Gasteiger partial charge in [-0.25, -0.2) is 0 Å². The number of hydrogen-bond donors (Lipinski definition) is 0. The lowest BCUT2D eigenvalue weighted by molar-refractivity contribution is 0.101. The summed E-state index contributed by atoms with van der Waals surface area (Å²) in [5.74, 6) is 0. The molecule has 0 bridgehead atoms. The Labute approximate surface area is 704 Å². The Kier molecular flexibility index (Phi) is 37.2. The first-order valence-electron chi connectivity index (χ1n) is 41.6. The van der Waals surface area contributed by atoms with E-state index < -0.39 is 0 Å². The van der Waals surface area contributed by atoms with Crippen molar-refractivity contribution < 1.29 is 0 Å². The Balaban J connectivity index is 0.000000320. The molecule has 0 heterocycles. The molecule has 21 nitrogen and oxygen atoms in total. The molecule has 10 aromatic carbocycles. The van der Waals surface area contributed by atoms with Crippen LogP contribution in [0.25, 0.3) is 86.2 Å². The van der Waals surface area contributed by atoms with Crippen molar-refractivity contribution in [1.29, 1.82) is 0 Å². The van der Waals surface area contributed by atoms with Crippen LogP contribution in [0, 0.1) is 6.92 Å². The van der Waals surface area contributed by atoms with Crippen LogP contribution in [0.3, 0.4) is 0 Å². The summed E-state index contributed by atoms with van der Waals surface area (Å²) < 4.78 is 0. The molecule has 10 rings (SSSR count). The maximum absolute atomic E-state index is 2.58. The lowest BCUT2D eigenvalue weighted by Crippen LogP contribution is -2.40. The summed E-state index contributed by atoms with van der Waals surface area (Å²) in [7, 11) is 54.4. The van der Waals surface area contributed by atoms with Gasteiger partial charge >= 0.3 is 0 Å². The predicted molar refractivity (Wildman–Crippen MR) is 506 cm³/mol. The normalized spacial score (nSPS) is 12.9. The standard InChI is InChI=1S/C50H84N12.C43H67N9.2CH4/c1-17-57(15)37-61(35-55(11)12)29-41-19-21-43-48-26-40(28-60(33-53(7)8)34-54(9)10)24-46-42(30-62(36-56(13)14)38-58(16)18-2)20-22-44(50(46)48)47-25-39(23-45(41)49(43)47)27-59(31-51(3)4)32-52(5)6;1-14-49(13)31-52(30-48(11)12)25-35-16-18-37-40-21-33(23-50(26-44(3)4)27-45(5)6)19-38-32(2)15-17-36(42(38)40)41-22-34(20-39(35)43(37)41)24-51(28-46(7)8)29-47(9)10;;/h19-26H,17-18,27-38H2,1-16H3;15-22H,14,23-31H2,1-13H3;2*1H4. The molecule has 116 heavy (non-hydrogen) atoms. The number of benzene rings is 10. The molecule has 0 radical (unpaired) electrons. The second-order valence-corrected chi connectivity index (χ2v) is 36.7. The molecule has 0 atom stereocenters. The van der Waals surface area contributed by atoms with Crippen molar-refractivity contribution in [2.24, 2.45) is 0 Å².